The number of hydrogen-bond acceptors (Lipinski definition) is 5. The fourth-order valence-corrected chi connectivity index (χ4v) is 7.40. The Morgan fingerprint density at radius 2 is 1.90 bits per heavy atom. The lowest BCUT2D eigenvalue weighted by Gasteiger charge is -2.39. The highest BCUT2D eigenvalue weighted by Gasteiger charge is 2.49. The molecule has 2 saturated heterocycles. The number of rotatable bonds is 5. The summed E-state index contributed by atoms with van der Waals surface area (Å²) in [5.41, 5.74) is 1.99. The van der Waals surface area contributed by atoms with Crippen molar-refractivity contribution in [1.82, 2.24) is 9.21 Å². The number of benzene rings is 1. The molecule has 3 aliphatic rings. The Kier molecular flexibility index (Phi) is 5.96. The maximum absolute atomic E-state index is 13.0. The summed E-state index contributed by atoms with van der Waals surface area (Å²) in [5, 5.41) is 2.98. The molecule has 2 atom stereocenters. The zero-order valence-electron chi connectivity index (χ0n) is 19.1. The van der Waals surface area contributed by atoms with Crippen LogP contribution in [0.1, 0.15) is 45.6 Å². The summed E-state index contributed by atoms with van der Waals surface area (Å²) in [6.45, 7) is 11.7. The van der Waals surface area contributed by atoms with Crippen LogP contribution in [-0.4, -0.2) is 69.0 Å². The number of amides is 1. The van der Waals surface area contributed by atoms with Gasteiger partial charge in [-0.25, -0.2) is 8.42 Å². The fourth-order valence-electron chi connectivity index (χ4n) is 5.97. The van der Waals surface area contributed by atoms with Crippen LogP contribution in [0.2, 0.25) is 0 Å². The monoisotopic (exact) mass is 449 g/mol. The lowest BCUT2D eigenvalue weighted by atomic mass is 9.65. The number of ether oxygens (including phenoxy) is 1. The molecule has 172 valence electrons. The first-order valence-electron chi connectivity index (χ1n) is 11.2. The van der Waals surface area contributed by atoms with Gasteiger partial charge in [-0.1, -0.05) is 26.8 Å². The first-order valence-corrected chi connectivity index (χ1v) is 12.6. The molecule has 2 heterocycles. The molecular formula is C23H35N3O4S. The van der Waals surface area contributed by atoms with E-state index in [4.69, 9.17) is 4.74 Å². The van der Waals surface area contributed by atoms with E-state index < -0.39 is 10.0 Å². The number of nitrogens with zero attached hydrogens (tertiary/aromatic N) is 2. The van der Waals surface area contributed by atoms with E-state index >= 15 is 0 Å². The van der Waals surface area contributed by atoms with Gasteiger partial charge in [-0.15, -0.1) is 0 Å². The lowest BCUT2D eigenvalue weighted by molar-refractivity contribution is -0.117. The largest absolute Gasteiger partial charge is 0.379 e. The molecule has 2 unspecified atom stereocenters. The molecule has 0 aromatic heterocycles. The molecule has 1 aliphatic carbocycles. The van der Waals surface area contributed by atoms with Crippen LogP contribution in [0.4, 0.5) is 5.69 Å². The molecule has 0 spiro atoms. The molecule has 1 N–H and O–H groups in total. The van der Waals surface area contributed by atoms with E-state index in [0.29, 0.717) is 50.0 Å². The number of aryl methyl sites for hydroxylation is 1. The Hall–Kier alpha value is -1.48. The minimum atomic E-state index is -3.60. The van der Waals surface area contributed by atoms with Crippen molar-refractivity contribution < 1.29 is 17.9 Å². The highest BCUT2D eigenvalue weighted by Crippen LogP contribution is 2.52. The van der Waals surface area contributed by atoms with Gasteiger partial charge in [-0.05, 0) is 54.7 Å². The topological polar surface area (TPSA) is 79.0 Å². The van der Waals surface area contributed by atoms with Crippen LogP contribution >= 0.6 is 0 Å². The average molecular weight is 450 g/mol. The summed E-state index contributed by atoms with van der Waals surface area (Å²) in [7, 11) is -3.60. The molecule has 2 aliphatic heterocycles. The predicted octanol–water partition coefficient (Wildman–Crippen LogP) is 2.86. The normalized spacial score (nSPS) is 29.1. The van der Waals surface area contributed by atoms with Crippen LogP contribution < -0.4 is 5.32 Å². The van der Waals surface area contributed by atoms with Gasteiger partial charge in [0.15, 0.2) is 0 Å². The van der Waals surface area contributed by atoms with Gasteiger partial charge in [-0.2, -0.15) is 4.31 Å². The first-order chi connectivity index (χ1) is 14.5. The summed E-state index contributed by atoms with van der Waals surface area (Å²) in [5.74, 6) is -0.0852. The van der Waals surface area contributed by atoms with Crippen molar-refractivity contribution >= 4 is 21.6 Å². The number of sulfonamides is 1. The second-order valence-electron chi connectivity index (χ2n) is 10.7. The molecule has 4 rings (SSSR count). The van der Waals surface area contributed by atoms with E-state index in [1.54, 1.807) is 18.2 Å². The Balaban J connectivity index is 1.46. The third kappa shape index (κ3) is 4.82. The molecule has 31 heavy (non-hydrogen) atoms. The van der Waals surface area contributed by atoms with E-state index in [1.165, 1.54) is 10.7 Å². The fraction of sp³-hybridized carbons (Fsp3) is 0.696. The molecular weight excluding hydrogens is 414 g/mol. The smallest absolute Gasteiger partial charge is 0.243 e. The van der Waals surface area contributed by atoms with Crippen LogP contribution in [0.25, 0.3) is 0 Å². The maximum Gasteiger partial charge on any atom is 0.243 e. The molecule has 1 amide bonds. The lowest BCUT2D eigenvalue weighted by Crippen LogP contribution is -2.40. The Bertz CT molecular complexity index is 956. The number of hydrogen-bond donors (Lipinski definition) is 1. The second-order valence-corrected chi connectivity index (χ2v) is 12.6. The van der Waals surface area contributed by atoms with Gasteiger partial charge in [0.05, 0.1) is 24.7 Å². The van der Waals surface area contributed by atoms with Gasteiger partial charge in [0.25, 0.3) is 0 Å². The Morgan fingerprint density at radius 1 is 1.19 bits per heavy atom. The summed E-state index contributed by atoms with van der Waals surface area (Å²) >= 11 is 0. The number of nitrogens with one attached hydrogen (secondary N) is 1. The highest BCUT2D eigenvalue weighted by molar-refractivity contribution is 7.89. The van der Waals surface area contributed by atoms with E-state index in [9.17, 15) is 13.2 Å². The number of likely N-dealkylation sites (tertiary alicyclic amines) is 1. The van der Waals surface area contributed by atoms with Gasteiger partial charge in [0.1, 0.15) is 0 Å². The number of carbonyl (C=O) groups is 1. The third-order valence-electron chi connectivity index (χ3n) is 6.96. The number of morpholine rings is 1. The Morgan fingerprint density at radius 3 is 2.61 bits per heavy atom. The molecule has 7 nitrogen and oxygen atoms in total. The summed E-state index contributed by atoms with van der Waals surface area (Å²) in [6, 6.07) is 5.40. The van der Waals surface area contributed by atoms with Gasteiger partial charge >= 0.3 is 0 Å². The molecule has 1 aromatic carbocycles. The van der Waals surface area contributed by atoms with Crippen LogP contribution in [0.5, 0.6) is 0 Å². The third-order valence-corrected chi connectivity index (χ3v) is 8.86. The number of anilines is 1. The van der Waals surface area contributed by atoms with Gasteiger partial charge < -0.3 is 10.1 Å². The van der Waals surface area contributed by atoms with Gasteiger partial charge in [-0.3, -0.25) is 9.69 Å². The predicted molar refractivity (Wildman–Crippen MR) is 120 cm³/mol. The van der Waals surface area contributed by atoms with Crippen molar-refractivity contribution in [3.63, 3.8) is 0 Å². The van der Waals surface area contributed by atoms with Gasteiger partial charge in [0.2, 0.25) is 15.9 Å². The van der Waals surface area contributed by atoms with Crippen molar-refractivity contribution in [2.75, 3.05) is 44.7 Å². The second kappa shape index (κ2) is 8.14. The van der Waals surface area contributed by atoms with E-state index in [-0.39, 0.29) is 16.2 Å². The minimum Gasteiger partial charge on any atom is -0.379 e. The van der Waals surface area contributed by atoms with E-state index in [0.717, 1.165) is 24.9 Å². The van der Waals surface area contributed by atoms with Gasteiger partial charge in [0, 0.05) is 31.4 Å². The number of fused-ring (bicyclic) bond motifs is 2. The first kappa shape index (κ1) is 22.7. The minimum absolute atomic E-state index is 0.0852. The summed E-state index contributed by atoms with van der Waals surface area (Å²) in [6.07, 6.45) is 3.45. The maximum atomic E-state index is 13.0. The zero-order chi connectivity index (χ0) is 22.4. The van der Waals surface area contributed by atoms with Crippen molar-refractivity contribution in [2.45, 2.75) is 57.9 Å². The molecule has 8 heteroatoms. The SMILES string of the molecule is Cc1ccc(S(=O)(=O)N2CCOCC2)cc1NC(=O)CN1CC2(C)CC1CC(C)(C)C2. The summed E-state index contributed by atoms with van der Waals surface area (Å²) < 4.78 is 32.7. The molecule has 2 bridgehead atoms. The average Bonchev–Trinajstić information content (AvgIpc) is 2.91. The van der Waals surface area contributed by atoms with Crippen LogP contribution in [0.3, 0.4) is 0 Å². The Labute approximate surface area is 186 Å². The van der Waals surface area contributed by atoms with Crippen molar-refractivity contribution in [1.29, 1.82) is 0 Å². The summed E-state index contributed by atoms with van der Waals surface area (Å²) in [4.78, 5) is 15.4. The van der Waals surface area contributed by atoms with Crippen LogP contribution in [-0.2, 0) is 19.6 Å². The van der Waals surface area contributed by atoms with Crippen LogP contribution in [0, 0.1) is 17.8 Å². The molecule has 0 radical (unpaired) electrons. The van der Waals surface area contributed by atoms with E-state index in [1.807, 2.05) is 6.92 Å². The van der Waals surface area contributed by atoms with Crippen molar-refractivity contribution in [3.8, 4) is 0 Å². The van der Waals surface area contributed by atoms with Crippen LogP contribution in [0.15, 0.2) is 23.1 Å². The molecule has 3 fully saturated rings. The molecule has 1 aromatic rings. The molecule has 1 saturated carbocycles. The standard InChI is InChI=1S/C23H35N3O4S/c1-17-5-6-19(31(28,29)26-7-9-30-10-8-26)11-20(17)24-21(27)14-25-16-23(4)13-18(25)12-22(2,3)15-23/h5-6,11,18H,7-10,12-16H2,1-4H3,(H,24,27). The number of carbonyl (C=O) groups excluding carboxylic acids is 1. The zero-order valence-corrected chi connectivity index (χ0v) is 19.9. The quantitative estimate of drug-likeness (QED) is 0.748. The highest BCUT2D eigenvalue weighted by atomic mass is 32.2. The van der Waals surface area contributed by atoms with Crippen molar-refractivity contribution in [3.05, 3.63) is 23.8 Å². The van der Waals surface area contributed by atoms with E-state index in [2.05, 4.69) is 31.0 Å². The van der Waals surface area contributed by atoms with Crippen molar-refractivity contribution in [2.24, 2.45) is 10.8 Å².